The first kappa shape index (κ1) is 13.9. The number of amides is 1. The van der Waals surface area contributed by atoms with Gasteiger partial charge in [0.25, 0.3) is 5.91 Å². The number of aromatic hydroxyl groups is 1. The lowest BCUT2D eigenvalue weighted by molar-refractivity contribution is 0.0796. The van der Waals surface area contributed by atoms with Gasteiger partial charge in [-0.25, -0.2) is 0 Å². The molecule has 0 aliphatic carbocycles. The van der Waals surface area contributed by atoms with Crippen LogP contribution >= 0.6 is 0 Å². The number of nitrogen functional groups attached to an aromatic ring is 1. The number of nitrogens with zero attached hydrogens (tertiary/aromatic N) is 2. The summed E-state index contributed by atoms with van der Waals surface area (Å²) in [6.45, 7) is 0.557. The molecule has 5 nitrogen and oxygen atoms in total. The van der Waals surface area contributed by atoms with Gasteiger partial charge in [0, 0.05) is 37.5 Å². The van der Waals surface area contributed by atoms with E-state index in [4.69, 9.17) is 5.73 Å². The van der Waals surface area contributed by atoms with Crippen molar-refractivity contribution in [1.29, 1.82) is 0 Å². The molecule has 0 bridgehead atoms. The molecule has 0 saturated carbocycles. The molecule has 3 N–H and O–H groups in total. The highest BCUT2D eigenvalue weighted by Crippen LogP contribution is 2.21. The minimum absolute atomic E-state index is 0.0750. The number of phenols is 1. The van der Waals surface area contributed by atoms with Crippen molar-refractivity contribution < 1.29 is 9.90 Å². The SMILES string of the molecule is CN(CCc1ccccn1)C(=O)c1ccc(N)c(O)c1. The normalized spacial score (nSPS) is 10.2. The summed E-state index contributed by atoms with van der Waals surface area (Å²) in [4.78, 5) is 18.0. The summed E-state index contributed by atoms with van der Waals surface area (Å²) in [5.74, 6) is -0.231. The van der Waals surface area contributed by atoms with Gasteiger partial charge >= 0.3 is 0 Å². The predicted molar refractivity (Wildman–Crippen MR) is 77.4 cm³/mol. The van der Waals surface area contributed by atoms with Gasteiger partial charge in [-0.1, -0.05) is 6.07 Å². The Labute approximate surface area is 117 Å². The zero-order valence-electron chi connectivity index (χ0n) is 11.3. The van der Waals surface area contributed by atoms with E-state index >= 15 is 0 Å². The minimum Gasteiger partial charge on any atom is -0.506 e. The van der Waals surface area contributed by atoms with Crippen LogP contribution in [-0.4, -0.2) is 34.5 Å². The molecule has 2 rings (SSSR count). The monoisotopic (exact) mass is 271 g/mol. The summed E-state index contributed by atoms with van der Waals surface area (Å²) >= 11 is 0. The van der Waals surface area contributed by atoms with Crippen LogP contribution in [0.4, 0.5) is 5.69 Å². The van der Waals surface area contributed by atoms with Gasteiger partial charge < -0.3 is 15.7 Å². The number of likely N-dealkylation sites (N-methyl/N-ethyl adjacent to an activating group) is 1. The molecule has 0 aliphatic heterocycles. The second kappa shape index (κ2) is 6.06. The fraction of sp³-hybridized carbons (Fsp3) is 0.200. The van der Waals surface area contributed by atoms with Gasteiger partial charge in [-0.05, 0) is 30.3 Å². The third-order valence-corrected chi connectivity index (χ3v) is 3.05. The first-order valence-electron chi connectivity index (χ1n) is 6.32. The number of nitrogens with two attached hydrogens (primary N) is 1. The molecule has 1 heterocycles. The van der Waals surface area contributed by atoms with Crippen LogP contribution in [0.1, 0.15) is 16.1 Å². The van der Waals surface area contributed by atoms with E-state index in [1.54, 1.807) is 24.2 Å². The molecule has 1 aromatic heterocycles. The van der Waals surface area contributed by atoms with Gasteiger partial charge in [-0.2, -0.15) is 0 Å². The molecule has 104 valence electrons. The molecule has 1 amide bonds. The number of benzene rings is 1. The molecule has 0 aliphatic rings. The Kier molecular flexibility index (Phi) is 4.20. The topological polar surface area (TPSA) is 79.5 Å². The summed E-state index contributed by atoms with van der Waals surface area (Å²) in [7, 11) is 1.72. The molecular weight excluding hydrogens is 254 g/mol. The second-order valence-electron chi connectivity index (χ2n) is 4.57. The number of anilines is 1. The van der Waals surface area contributed by atoms with Gasteiger partial charge in [-0.15, -0.1) is 0 Å². The summed E-state index contributed by atoms with van der Waals surface area (Å²) in [5, 5.41) is 9.53. The Morgan fingerprint density at radius 3 is 2.80 bits per heavy atom. The van der Waals surface area contributed by atoms with Crippen LogP contribution in [0.25, 0.3) is 0 Å². The van der Waals surface area contributed by atoms with Gasteiger partial charge in [0.1, 0.15) is 5.75 Å². The lowest BCUT2D eigenvalue weighted by atomic mass is 10.1. The Bertz CT molecular complexity index is 599. The molecule has 0 atom stereocenters. The Hall–Kier alpha value is -2.56. The van der Waals surface area contributed by atoms with Crippen LogP contribution in [0.3, 0.4) is 0 Å². The third kappa shape index (κ3) is 3.26. The highest BCUT2D eigenvalue weighted by Gasteiger charge is 2.13. The first-order valence-corrected chi connectivity index (χ1v) is 6.32. The van der Waals surface area contributed by atoms with Crippen molar-refractivity contribution in [3.8, 4) is 5.75 Å². The first-order chi connectivity index (χ1) is 9.58. The Morgan fingerprint density at radius 2 is 2.15 bits per heavy atom. The van der Waals surface area contributed by atoms with Crippen molar-refractivity contribution in [2.75, 3.05) is 19.3 Å². The van der Waals surface area contributed by atoms with Gasteiger partial charge in [0.15, 0.2) is 0 Å². The van der Waals surface area contributed by atoms with Crippen LogP contribution in [-0.2, 0) is 6.42 Å². The highest BCUT2D eigenvalue weighted by molar-refractivity contribution is 5.95. The molecule has 0 radical (unpaired) electrons. The summed E-state index contributed by atoms with van der Waals surface area (Å²) < 4.78 is 0. The number of aromatic nitrogens is 1. The van der Waals surface area contributed by atoms with E-state index in [1.807, 2.05) is 18.2 Å². The van der Waals surface area contributed by atoms with Crippen LogP contribution in [0.15, 0.2) is 42.6 Å². The molecule has 20 heavy (non-hydrogen) atoms. The van der Waals surface area contributed by atoms with Gasteiger partial charge in [0.05, 0.1) is 5.69 Å². The molecular formula is C15H17N3O2. The lowest BCUT2D eigenvalue weighted by Gasteiger charge is -2.17. The van der Waals surface area contributed by atoms with E-state index in [-0.39, 0.29) is 17.3 Å². The second-order valence-corrected chi connectivity index (χ2v) is 4.57. The van der Waals surface area contributed by atoms with E-state index in [0.29, 0.717) is 18.5 Å². The van der Waals surface area contributed by atoms with Crippen LogP contribution in [0, 0.1) is 0 Å². The lowest BCUT2D eigenvalue weighted by Crippen LogP contribution is -2.29. The van der Waals surface area contributed by atoms with Crippen molar-refractivity contribution in [3.05, 3.63) is 53.9 Å². The zero-order valence-corrected chi connectivity index (χ0v) is 11.3. The minimum atomic E-state index is -0.156. The van der Waals surface area contributed by atoms with Crippen LogP contribution in [0.2, 0.25) is 0 Å². The molecule has 2 aromatic rings. The average Bonchev–Trinajstić information content (AvgIpc) is 2.48. The maximum absolute atomic E-state index is 12.2. The number of pyridine rings is 1. The number of hydrogen-bond donors (Lipinski definition) is 2. The maximum atomic E-state index is 12.2. The summed E-state index contributed by atoms with van der Waals surface area (Å²) in [5.41, 5.74) is 7.13. The van der Waals surface area contributed by atoms with Crippen LogP contribution < -0.4 is 5.73 Å². The third-order valence-electron chi connectivity index (χ3n) is 3.05. The van der Waals surface area contributed by atoms with E-state index in [2.05, 4.69) is 4.98 Å². The molecule has 1 aromatic carbocycles. The van der Waals surface area contributed by atoms with Crippen molar-refractivity contribution in [2.24, 2.45) is 0 Å². The molecule has 5 heteroatoms. The van der Waals surface area contributed by atoms with Crippen molar-refractivity contribution >= 4 is 11.6 Å². The van der Waals surface area contributed by atoms with E-state index in [1.165, 1.54) is 12.1 Å². The summed E-state index contributed by atoms with van der Waals surface area (Å²) in [6, 6.07) is 10.2. The zero-order chi connectivity index (χ0) is 14.5. The number of carbonyl (C=O) groups is 1. The summed E-state index contributed by atoms with van der Waals surface area (Å²) in [6.07, 6.45) is 2.42. The standard InChI is InChI=1S/C15H17N3O2/c1-18(9-7-12-4-2-3-8-17-12)15(20)11-5-6-13(16)14(19)10-11/h2-6,8,10,19H,7,9,16H2,1H3. The van der Waals surface area contributed by atoms with E-state index in [9.17, 15) is 9.90 Å². The fourth-order valence-electron chi connectivity index (χ4n) is 1.83. The van der Waals surface area contributed by atoms with Crippen molar-refractivity contribution in [1.82, 2.24) is 9.88 Å². The van der Waals surface area contributed by atoms with Crippen molar-refractivity contribution in [2.45, 2.75) is 6.42 Å². The van der Waals surface area contributed by atoms with E-state index < -0.39 is 0 Å². The highest BCUT2D eigenvalue weighted by atomic mass is 16.3. The maximum Gasteiger partial charge on any atom is 0.253 e. The smallest absolute Gasteiger partial charge is 0.253 e. The Morgan fingerprint density at radius 1 is 1.35 bits per heavy atom. The van der Waals surface area contributed by atoms with Crippen molar-refractivity contribution in [3.63, 3.8) is 0 Å². The number of hydrogen-bond acceptors (Lipinski definition) is 4. The predicted octanol–water partition coefficient (Wildman–Crippen LogP) is 1.68. The van der Waals surface area contributed by atoms with Gasteiger partial charge in [-0.3, -0.25) is 9.78 Å². The number of phenolic OH excluding ortho intramolecular Hbond substituents is 1. The molecule has 0 saturated heterocycles. The quantitative estimate of drug-likeness (QED) is 0.655. The average molecular weight is 271 g/mol. The molecule has 0 fully saturated rings. The fourth-order valence-corrected chi connectivity index (χ4v) is 1.83. The van der Waals surface area contributed by atoms with E-state index in [0.717, 1.165) is 5.69 Å². The van der Waals surface area contributed by atoms with Gasteiger partial charge in [0.2, 0.25) is 0 Å². The number of rotatable bonds is 4. The molecule has 0 spiro atoms. The Balaban J connectivity index is 1.99. The van der Waals surface area contributed by atoms with Crippen LogP contribution in [0.5, 0.6) is 5.75 Å². The number of carbonyl (C=O) groups excluding carboxylic acids is 1. The molecule has 0 unspecified atom stereocenters. The largest absolute Gasteiger partial charge is 0.506 e.